The smallest absolute Gasteiger partial charge is 0.306 e. The number of carbonyl (C=O) groups is 2. The van der Waals surface area contributed by atoms with E-state index >= 15 is 0 Å². The Labute approximate surface area is 115 Å². The van der Waals surface area contributed by atoms with Crippen LogP contribution in [-0.2, 0) is 15.3 Å². The molecular formula is C12H17NO5S. The molecular weight excluding hydrogens is 270 g/mol. The Kier molecular flexibility index (Phi) is 6.44. The van der Waals surface area contributed by atoms with E-state index in [4.69, 9.17) is 14.3 Å². The fourth-order valence-electron chi connectivity index (χ4n) is 1.45. The summed E-state index contributed by atoms with van der Waals surface area (Å²) in [5.41, 5.74) is 0. The number of aliphatic carboxylic acids is 1. The van der Waals surface area contributed by atoms with Crippen LogP contribution in [0.3, 0.4) is 0 Å². The lowest BCUT2D eigenvalue weighted by Crippen LogP contribution is -2.34. The Balaban J connectivity index is 2.47. The highest BCUT2D eigenvalue weighted by Gasteiger charge is 2.16. The van der Waals surface area contributed by atoms with Gasteiger partial charge in [-0.2, -0.15) is 11.8 Å². The van der Waals surface area contributed by atoms with Crippen LogP contribution in [0.1, 0.15) is 22.7 Å². The van der Waals surface area contributed by atoms with Crippen molar-refractivity contribution in [2.75, 3.05) is 19.9 Å². The molecule has 0 saturated heterocycles. The molecule has 0 fully saturated rings. The third kappa shape index (κ3) is 5.35. The number of ether oxygens (including phenoxy) is 1. The van der Waals surface area contributed by atoms with Gasteiger partial charge in [-0.1, -0.05) is 0 Å². The molecule has 0 aliphatic carbocycles. The van der Waals surface area contributed by atoms with Gasteiger partial charge in [-0.15, -0.1) is 0 Å². The van der Waals surface area contributed by atoms with Crippen molar-refractivity contribution < 1.29 is 23.8 Å². The molecule has 1 rings (SSSR count). The molecule has 1 atom stereocenters. The molecule has 0 aliphatic rings. The number of thioether (sulfide) groups is 1. The van der Waals surface area contributed by atoms with E-state index in [0.29, 0.717) is 5.75 Å². The van der Waals surface area contributed by atoms with Gasteiger partial charge < -0.3 is 19.6 Å². The summed E-state index contributed by atoms with van der Waals surface area (Å²) >= 11 is 1.60. The number of carboxylic acids is 1. The van der Waals surface area contributed by atoms with Crippen molar-refractivity contribution in [3.05, 3.63) is 23.7 Å². The number of hydrogen-bond acceptors (Lipinski definition) is 5. The van der Waals surface area contributed by atoms with Gasteiger partial charge in [-0.25, -0.2) is 0 Å². The maximum atomic E-state index is 11.8. The van der Waals surface area contributed by atoms with Crippen molar-refractivity contribution in [3.63, 3.8) is 0 Å². The van der Waals surface area contributed by atoms with Gasteiger partial charge in [0.1, 0.15) is 5.76 Å². The summed E-state index contributed by atoms with van der Waals surface area (Å²) in [6.07, 6.45) is 1.23. The van der Waals surface area contributed by atoms with E-state index in [0.717, 1.165) is 5.76 Å². The Morgan fingerprint density at radius 2 is 2.26 bits per heavy atom. The number of hydrogen-bond donors (Lipinski definition) is 2. The lowest BCUT2D eigenvalue weighted by Gasteiger charge is -2.13. The standard InChI is InChI=1S/C12H17NO5S/c1-17-9(5-11(14)15)6-13-12(16)10-4-3-8(18-10)7-19-2/h3-4,9H,5-7H2,1-2H3,(H,13,16)(H,14,15). The molecule has 1 amide bonds. The number of rotatable bonds is 8. The molecule has 0 bridgehead atoms. The van der Waals surface area contributed by atoms with Gasteiger partial charge in [0.05, 0.1) is 18.3 Å². The Hall–Kier alpha value is -1.47. The zero-order valence-electron chi connectivity index (χ0n) is 10.8. The van der Waals surface area contributed by atoms with Gasteiger partial charge in [-0.3, -0.25) is 9.59 Å². The van der Waals surface area contributed by atoms with Crippen molar-refractivity contribution in [1.29, 1.82) is 0 Å². The van der Waals surface area contributed by atoms with Crippen LogP contribution in [0.5, 0.6) is 0 Å². The lowest BCUT2D eigenvalue weighted by molar-refractivity contribution is -0.139. The average molecular weight is 287 g/mol. The predicted molar refractivity (Wildman–Crippen MR) is 71.3 cm³/mol. The van der Waals surface area contributed by atoms with Gasteiger partial charge >= 0.3 is 5.97 Å². The highest BCUT2D eigenvalue weighted by molar-refractivity contribution is 7.97. The molecule has 106 valence electrons. The molecule has 0 aliphatic heterocycles. The summed E-state index contributed by atoms with van der Waals surface area (Å²) in [5.74, 6) is 0.300. The maximum absolute atomic E-state index is 11.8. The van der Waals surface area contributed by atoms with Gasteiger partial charge in [-0.05, 0) is 18.4 Å². The number of amides is 1. The second-order valence-corrected chi connectivity index (χ2v) is 4.73. The van der Waals surface area contributed by atoms with E-state index in [1.54, 1.807) is 23.9 Å². The molecule has 0 spiro atoms. The zero-order valence-corrected chi connectivity index (χ0v) is 11.7. The van der Waals surface area contributed by atoms with E-state index in [1.807, 2.05) is 6.26 Å². The van der Waals surface area contributed by atoms with E-state index in [-0.39, 0.29) is 24.6 Å². The lowest BCUT2D eigenvalue weighted by atomic mass is 10.2. The van der Waals surface area contributed by atoms with Crippen molar-refractivity contribution in [1.82, 2.24) is 5.32 Å². The number of carbonyl (C=O) groups excluding carboxylic acids is 1. The maximum Gasteiger partial charge on any atom is 0.306 e. The molecule has 2 N–H and O–H groups in total. The average Bonchev–Trinajstić information content (AvgIpc) is 2.82. The van der Waals surface area contributed by atoms with Gasteiger partial charge in [0.15, 0.2) is 5.76 Å². The van der Waals surface area contributed by atoms with Crippen LogP contribution >= 0.6 is 11.8 Å². The fourth-order valence-corrected chi connectivity index (χ4v) is 1.89. The topological polar surface area (TPSA) is 88.8 Å². The molecule has 1 aromatic heterocycles. The van der Waals surface area contributed by atoms with Gasteiger partial charge in [0.2, 0.25) is 0 Å². The van der Waals surface area contributed by atoms with Crippen LogP contribution in [0.15, 0.2) is 16.5 Å². The molecule has 1 aromatic rings. The zero-order chi connectivity index (χ0) is 14.3. The summed E-state index contributed by atoms with van der Waals surface area (Å²) in [5, 5.41) is 11.2. The van der Waals surface area contributed by atoms with Crippen molar-refractivity contribution in [3.8, 4) is 0 Å². The largest absolute Gasteiger partial charge is 0.481 e. The third-order valence-electron chi connectivity index (χ3n) is 2.40. The second kappa shape index (κ2) is 7.85. The molecule has 6 nitrogen and oxygen atoms in total. The molecule has 1 heterocycles. The summed E-state index contributed by atoms with van der Waals surface area (Å²) in [4.78, 5) is 22.3. The number of carboxylic acid groups (broad SMARTS) is 1. The van der Waals surface area contributed by atoms with Crippen LogP contribution in [0, 0.1) is 0 Å². The van der Waals surface area contributed by atoms with Crippen molar-refractivity contribution in [2.45, 2.75) is 18.3 Å². The number of methoxy groups -OCH3 is 1. The normalized spacial score (nSPS) is 12.1. The van der Waals surface area contributed by atoms with Crippen molar-refractivity contribution >= 4 is 23.6 Å². The van der Waals surface area contributed by atoms with E-state index in [1.165, 1.54) is 7.11 Å². The Morgan fingerprint density at radius 1 is 1.53 bits per heavy atom. The SMILES string of the molecule is COC(CNC(=O)c1ccc(CSC)o1)CC(=O)O. The van der Waals surface area contributed by atoms with Crippen LogP contribution in [-0.4, -0.2) is 43.0 Å². The van der Waals surface area contributed by atoms with Crippen LogP contribution in [0.25, 0.3) is 0 Å². The van der Waals surface area contributed by atoms with E-state index in [2.05, 4.69) is 5.32 Å². The fraction of sp³-hybridized carbons (Fsp3) is 0.500. The van der Waals surface area contributed by atoms with Gasteiger partial charge in [0, 0.05) is 13.7 Å². The van der Waals surface area contributed by atoms with Crippen LogP contribution < -0.4 is 5.32 Å². The van der Waals surface area contributed by atoms with Crippen molar-refractivity contribution in [2.24, 2.45) is 0 Å². The number of furan rings is 1. The molecule has 0 saturated carbocycles. The first kappa shape index (κ1) is 15.6. The highest BCUT2D eigenvalue weighted by atomic mass is 32.2. The first-order chi connectivity index (χ1) is 9.06. The molecule has 7 heteroatoms. The second-order valence-electron chi connectivity index (χ2n) is 3.86. The summed E-state index contributed by atoms with van der Waals surface area (Å²) in [6, 6.07) is 3.34. The number of nitrogens with one attached hydrogen (secondary N) is 1. The summed E-state index contributed by atoms with van der Waals surface area (Å²) < 4.78 is 10.3. The van der Waals surface area contributed by atoms with E-state index in [9.17, 15) is 9.59 Å². The Morgan fingerprint density at radius 3 is 2.84 bits per heavy atom. The quantitative estimate of drug-likeness (QED) is 0.750. The summed E-state index contributed by atoms with van der Waals surface area (Å²) in [7, 11) is 1.41. The minimum absolute atomic E-state index is 0.125. The highest BCUT2D eigenvalue weighted by Crippen LogP contribution is 2.13. The first-order valence-electron chi connectivity index (χ1n) is 5.67. The molecule has 19 heavy (non-hydrogen) atoms. The predicted octanol–water partition coefficient (Wildman–Crippen LogP) is 1.36. The Bertz CT molecular complexity index is 432. The minimum atomic E-state index is -0.971. The van der Waals surface area contributed by atoms with E-state index < -0.39 is 12.1 Å². The first-order valence-corrected chi connectivity index (χ1v) is 7.06. The summed E-state index contributed by atoms with van der Waals surface area (Å²) in [6.45, 7) is 0.125. The van der Waals surface area contributed by atoms with Crippen LogP contribution in [0.4, 0.5) is 0 Å². The molecule has 0 aromatic carbocycles. The van der Waals surface area contributed by atoms with Gasteiger partial charge in [0.25, 0.3) is 5.91 Å². The molecule has 1 unspecified atom stereocenters. The molecule has 0 radical (unpaired) electrons. The monoisotopic (exact) mass is 287 g/mol. The van der Waals surface area contributed by atoms with Crippen LogP contribution in [0.2, 0.25) is 0 Å². The minimum Gasteiger partial charge on any atom is -0.481 e. The third-order valence-corrected chi connectivity index (χ3v) is 2.97.